The number of benzene rings is 1. The summed E-state index contributed by atoms with van der Waals surface area (Å²) in [6.07, 6.45) is -0.764. The van der Waals surface area contributed by atoms with Crippen LogP contribution in [0.1, 0.15) is 24.8 Å². The Labute approximate surface area is 191 Å². The Morgan fingerprint density at radius 3 is 2.55 bits per heavy atom. The molecule has 0 spiro atoms. The summed E-state index contributed by atoms with van der Waals surface area (Å²) in [5, 5.41) is 9.86. The minimum Gasteiger partial charge on any atom is -0.464 e. The highest BCUT2D eigenvalue weighted by molar-refractivity contribution is 14.1. The molecular weight excluding hydrogens is 544 g/mol. The highest BCUT2D eigenvalue weighted by Gasteiger charge is 2.54. The third kappa shape index (κ3) is 4.18. The van der Waals surface area contributed by atoms with Gasteiger partial charge in [-0.05, 0) is 66.6 Å². The first-order valence-electron chi connectivity index (χ1n) is 9.09. The Morgan fingerprint density at radius 1 is 1.39 bits per heavy atom. The number of amides is 1. The van der Waals surface area contributed by atoms with Crippen LogP contribution in [-0.2, 0) is 21.9 Å². The van der Waals surface area contributed by atoms with Crippen molar-refractivity contribution in [1.82, 2.24) is 4.57 Å². The van der Waals surface area contributed by atoms with Crippen LogP contribution in [0.3, 0.4) is 0 Å². The van der Waals surface area contributed by atoms with Crippen molar-refractivity contribution in [3.05, 3.63) is 49.6 Å². The fourth-order valence-electron chi connectivity index (χ4n) is 3.33. The SMILES string of the molecule is Cc1cc(NS(=O)(=O)C2(CC=O)CC2)c(N(C(=O)O)c2ccc(I)cc2F)n(C)c1=O. The molecule has 0 atom stereocenters. The average molecular weight is 563 g/mol. The number of carboxylic acid groups (broad SMARTS) is 1. The van der Waals surface area contributed by atoms with Crippen LogP contribution in [0, 0.1) is 16.3 Å². The predicted molar refractivity (Wildman–Crippen MR) is 121 cm³/mol. The average Bonchev–Trinajstić information content (AvgIpc) is 3.45. The van der Waals surface area contributed by atoms with Gasteiger partial charge in [0, 0.05) is 22.6 Å². The minimum atomic E-state index is -4.10. The van der Waals surface area contributed by atoms with Crippen LogP contribution in [0.4, 0.5) is 26.4 Å². The molecule has 12 heteroatoms. The van der Waals surface area contributed by atoms with Gasteiger partial charge in [0.1, 0.15) is 17.9 Å². The topological polar surface area (TPSA) is 126 Å². The van der Waals surface area contributed by atoms with E-state index in [1.54, 1.807) is 0 Å². The van der Waals surface area contributed by atoms with E-state index in [0.717, 1.165) is 10.6 Å². The molecule has 1 aromatic carbocycles. The van der Waals surface area contributed by atoms with E-state index < -0.39 is 32.2 Å². The number of pyridine rings is 1. The lowest BCUT2D eigenvalue weighted by Gasteiger charge is -2.26. The first-order valence-corrected chi connectivity index (χ1v) is 11.6. The van der Waals surface area contributed by atoms with Crippen molar-refractivity contribution in [1.29, 1.82) is 0 Å². The summed E-state index contributed by atoms with van der Waals surface area (Å²) in [6.45, 7) is 1.44. The second-order valence-corrected chi connectivity index (χ2v) is 10.6. The summed E-state index contributed by atoms with van der Waals surface area (Å²) in [5.41, 5.74) is -1.01. The quantitative estimate of drug-likeness (QED) is 0.394. The van der Waals surface area contributed by atoms with Crippen LogP contribution < -0.4 is 15.2 Å². The minimum absolute atomic E-state index is 0.151. The number of rotatable bonds is 7. The molecule has 0 unspecified atom stereocenters. The molecule has 0 saturated heterocycles. The monoisotopic (exact) mass is 563 g/mol. The maximum Gasteiger partial charge on any atom is 0.417 e. The fraction of sp³-hybridized carbons (Fsp3) is 0.316. The summed E-state index contributed by atoms with van der Waals surface area (Å²) < 4.78 is 43.1. The summed E-state index contributed by atoms with van der Waals surface area (Å²) in [5.74, 6) is -1.23. The normalized spacial score (nSPS) is 14.7. The molecule has 1 aliphatic rings. The molecule has 31 heavy (non-hydrogen) atoms. The summed E-state index contributed by atoms with van der Waals surface area (Å²) in [4.78, 5) is 36.2. The highest BCUT2D eigenvalue weighted by atomic mass is 127. The van der Waals surface area contributed by atoms with Gasteiger partial charge in [0.15, 0.2) is 0 Å². The van der Waals surface area contributed by atoms with Crippen molar-refractivity contribution in [3.63, 3.8) is 0 Å². The van der Waals surface area contributed by atoms with E-state index >= 15 is 0 Å². The van der Waals surface area contributed by atoms with E-state index in [1.165, 1.54) is 32.2 Å². The van der Waals surface area contributed by atoms with Gasteiger partial charge in [-0.15, -0.1) is 0 Å². The van der Waals surface area contributed by atoms with Gasteiger partial charge in [-0.3, -0.25) is 14.1 Å². The molecular formula is C19H19FIN3O6S. The van der Waals surface area contributed by atoms with Gasteiger partial charge in [-0.1, -0.05) is 0 Å². The molecule has 0 radical (unpaired) electrons. The summed E-state index contributed by atoms with van der Waals surface area (Å²) in [6, 6.07) is 5.02. The fourth-order valence-corrected chi connectivity index (χ4v) is 5.36. The van der Waals surface area contributed by atoms with E-state index in [0.29, 0.717) is 14.8 Å². The molecule has 1 saturated carbocycles. The molecule has 9 nitrogen and oxygen atoms in total. The summed E-state index contributed by atoms with van der Waals surface area (Å²) >= 11 is 1.86. The van der Waals surface area contributed by atoms with Crippen molar-refractivity contribution in [2.45, 2.75) is 30.9 Å². The lowest BCUT2D eigenvalue weighted by atomic mass is 10.2. The van der Waals surface area contributed by atoms with E-state index in [9.17, 15) is 32.3 Å². The molecule has 0 aliphatic heterocycles. The number of nitrogens with one attached hydrogen (secondary N) is 1. The van der Waals surface area contributed by atoms with Gasteiger partial charge < -0.3 is 9.90 Å². The zero-order valence-electron chi connectivity index (χ0n) is 16.6. The summed E-state index contributed by atoms with van der Waals surface area (Å²) in [7, 11) is -2.84. The van der Waals surface area contributed by atoms with Gasteiger partial charge >= 0.3 is 6.09 Å². The molecule has 1 aliphatic carbocycles. The lowest BCUT2D eigenvalue weighted by Crippen LogP contribution is -2.36. The van der Waals surface area contributed by atoms with Crippen molar-refractivity contribution in [2.24, 2.45) is 7.05 Å². The smallest absolute Gasteiger partial charge is 0.417 e. The number of hydrogen-bond acceptors (Lipinski definition) is 5. The molecule has 1 heterocycles. The first-order chi connectivity index (χ1) is 14.4. The molecule has 3 rings (SSSR count). The lowest BCUT2D eigenvalue weighted by molar-refractivity contribution is -0.107. The maximum absolute atomic E-state index is 14.7. The Kier molecular flexibility index (Phi) is 6.15. The Hall–Kier alpha value is -2.48. The number of nitrogens with zero attached hydrogens (tertiary/aromatic N) is 2. The second kappa shape index (κ2) is 8.22. The second-order valence-electron chi connectivity index (χ2n) is 7.30. The van der Waals surface area contributed by atoms with Gasteiger partial charge in [0.2, 0.25) is 10.0 Å². The number of halogens is 2. The molecule has 0 bridgehead atoms. The maximum atomic E-state index is 14.7. The van der Waals surface area contributed by atoms with Crippen molar-refractivity contribution in [3.8, 4) is 0 Å². The zero-order valence-corrected chi connectivity index (χ0v) is 19.5. The number of carbonyl (C=O) groups excluding carboxylic acids is 1. The van der Waals surface area contributed by atoms with Crippen LogP contribution in [0.2, 0.25) is 0 Å². The number of carbonyl (C=O) groups is 2. The van der Waals surface area contributed by atoms with Gasteiger partial charge in [0.25, 0.3) is 5.56 Å². The molecule has 166 valence electrons. The third-order valence-corrected chi connectivity index (χ3v) is 8.07. The standard InChI is InChI=1S/C19H19FIN3O6S/c1-11-9-14(22-31(29,30)19(5-6-19)7-8-25)16(23(2)17(11)26)24(18(27)28)15-4-3-12(21)10-13(15)20/h3-4,8-10,22H,5-7H2,1-2H3,(H,27,28). The molecule has 1 fully saturated rings. The first kappa shape index (κ1) is 23.2. The Morgan fingerprint density at radius 2 is 2.03 bits per heavy atom. The van der Waals surface area contributed by atoms with Gasteiger partial charge in [-0.25, -0.2) is 22.5 Å². The molecule has 2 N–H and O–H groups in total. The zero-order chi connectivity index (χ0) is 23.1. The van der Waals surface area contributed by atoms with Crippen LogP contribution in [0.25, 0.3) is 0 Å². The third-order valence-electron chi connectivity index (χ3n) is 5.19. The van der Waals surface area contributed by atoms with E-state index in [2.05, 4.69) is 4.72 Å². The number of aromatic nitrogens is 1. The number of hydrogen-bond donors (Lipinski definition) is 2. The van der Waals surface area contributed by atoms with E-state index in [-0.39, 0.29) is 42.0 Å². The van der Waals surface area contributed by atoms with E-state index in [1.807, 2.05) is 22.6 Å². The highest BCUT2D eigenvalue weighted by Crippen LogP contribution is 2.47. The van der Waals surface area contributed by atoms with Crippen LogP contribution in [0.15, 0.2) is 29.1 Å². The Balaban J connectivity index is 2.24. The van der Waals surface area contributed by atoms with E-state index in [4.69, 9.17) is 0 Å². The van der Waals surface area contributed by atoms with Gasteiger partial charge in [-0.2, -0.15) is 0 Å². The number of sulfonamides is 1. The molecule has 2 aromatic rings. The van der Waals surface area contributed by atoms with Crippen molar-refractivity contribution in [2.75, 3.05) is 9.62 Å². The molecule has 1 aromatic heterocycles. The van der Waals surface area contributed by atoms with Gasteiger partial charge in [0.05, 0.1) is 16.1 Å². The predicted octanol–water partition coefficient (Wildman–Crippen LogP) is 3.12. The number of aryl methyl sites for hydroxylation is 1. The van der Waals surface area contributed by atoms with Crippen LogP contribution in [0.5, 0.6) is 0 Å². The Bertz CT molecular complexity index is 1240. The number of aldehydes is 1. The van der Waals surface area contributed by atoms with Crippen LogP contribution in [-0.4, -0.2) is 35.2 Å². The number of anilines is 3. The molecule has 1 amide bonds. The van der Waals surface area contributed by atoms with Crippen molar-refractivity contribution < 1.29 is 27.5 Å². The van der Waals surface area contributed by atoms with Crippen LogP contribution >= 0.6 is 22.6 Å². The van der Waals surface area contributed by atoms with Crippen molar-refractivity contribution >= 4 is 62.2 Å². The largest absolute Gasteiger partial charge is 0.464 e.